The number of fused-ring (bicyclic) bond motifs is 4. The summed E-state index contributed by atoms with van der Waals surface area (Å²) in [5, 5.41) is 4.50. The summed E-state index contributed by atoms with van der Waals surface area (Å²) in [5.74, 6) is 1.64. The Morgan fingerprint density at radius 1 is 1.22 bits per heavy atom. The topological polar surface area (TPSA) is 41.6 Å². The van der Waals surface area contributed by atoms with Crippen LogP contribution in [0.4, 0.5) is 0 Å². The van der Waals surface area contributed by atoms with Crippen LogP contribution in [-0.4, -0.2) is 41.6 Å². The van der Waals surface area contributed by atoms with Crippen LogP contribution in [0.3, 0.4) is 0 Å². The number of carbonyl (C=O) groups excluding carboxylic acids is 1. The number of benzene rings is 1. The van der Waals surface area contributed by atoms with Crippen LogP contribution in [0.15, 0.2) is 18.2 Å². The van der Waals surface area contributed by atoms with Gasteiger partial charge in [-0.3, -0.25) is 9.69 Å². The third-order valence-corrected chi connectivity index (χ3v) is 7.89. The van der Waals surface area contributed by atoms with Gasteiger partial charge in [0.2, 0.25) is 0 Å². The minimum atomic E-state index is 0.0321. The van der Waals surface area contributed by atoms with Gasteiger partial charge in [-0.05, 0) is 82.5 Å². The molecule has 0 unspecified atom stereocenters. The molecule has 1 N–H and O–H groups in total. The lowest BCUT2D eigenvalue weighted by molar-refractivity contribution is -0.0377. The van der Waals surface area contributed by atoms with E-state index in [1.807, 2.05) is 6.07 Å². The van der Waals surface area contributed by atoms with E-state index >= 15 is 0 Å². The first-order valence-electron chi connectivity index (χ1n) is 10.2. The molecule has 1 aromatic heterocycles. The molecule has 1 aromatic carbocycles. The summed E-state index contributed by atoms with van der Waals surface area (Å²) in [6.45, 7) is 8.97. The molecule has 2 aromatic rings. The summed E-state index contributed by atoms with van der Waals surface area (Å²) in [5.41, 5.74) is 1.19. The number of nitrogens with one attached hydrogen (secondary N) is 1. The number of amides is 1. The monoisotopic (exact) mass is 384 g/mol. The quantitative estimate of drug-likeness (QED) is 0.852. The van der Waals surface area contributed by atoms with Gasteiger partial charge in [0, 0.05) is 11.6 Å². The molecule has 27 heavy (non-hydrogen) atoms. The maximum Gasteiger partial charge on any atom is 0.261 e. The predicted octanol–water partition coefficient (Wildman–Crippen LogP) is 4.35. The second-order valence-corrected chi connectivity index (χ2v) is 10.0. The smallest absolute Gasteiger partial charge is 0.261 e. The number of hydrogen-bond donors (Lipinski definition) is 1. The minimum absolute atomic E-state index is 0.0321. The number of thiophene rings is 1. The van der Waals surface area contributed by atoms with E-state index in [1.165, 1.54) is 12.8 Å². The molecular formula is C22H28N2O2S. The van der Waals surface area contributed by atoms with E-state index in [2.05, 4.69) is 43.1 Å². The van der Waals surface area contributed by atoms with E-state index < -0.39 is 0 Å². The summed E-state index contributed by atoms with van der Waals surface area (Å²) in [4.78, 5) is 16.4. The summed E-state index contributed by atoms with van der Waals surface area (Å²) >= 11 is 1.57. The summed E-state index contributed by atoms with van der Waals surface area (Å²) in [6, 6.07) is 6.46. The van der Waals surface area contributed by atoms with Crippen molar-refractivity contribution in [3.8, 4) is 5.75 Å². The Morgan fingerprint density at radius 3 is 2.63 bits per heavy atom. The summed E-state index contributed by atoms with van der Waals surface area (Å²) in [6.07, 6.45) is 5.03. The summed E-state index contributed by atoms with van der Waals surface area (Å²) < 4.78 is 7.27. The fraction of sp³-hybridized carbons (Fsp3) is 0.591. The maximum absolute atomic E-state index is 13.1. The fourth-order valence-corrected chi connectivity index (χ4v) is 5.98. The van der Waals surface area contributed by atoms with Crippen LogP contribution in [0.25, 0.3) is 10.1 Å². The lowest BCUT2D eigenvalue weighted by Crippen LogP contribution is -2.69. The van der Waals surface area contributed by atoms with Crippen LogP contribution in [0.2, 0.25) is 0 Å². The Hall–Kier alpha value is -1.59. The zero-order chi connectivity index (χ0) is 18.8. The molecule has 5 heteroatoms. The van der Waals surface area contributed by atoms with E-state index in [0.717, 1.165) is 52.2 Å². The van der Waals surface area contributed by atoms with Gasteiger partial charge in [0.1, 0.15) is 5.75 Å². The predicted molar refractivity (Wildman–Crippen MR) is 110 cm³/mol. The highest BCUT2D eigenvalue weighted by molar-refractivity contribution is 7.21. The Morgan fingerprint density at radius 2 is 1.96 bits per heavy atom. The molecule has 1 atom stereocenters. The molecule has 1 amide bonds. The molecule has 4 heterocycles. The van der Waals surface area contributed by atoms with Gasteiger partial charge in [-0.1, -0.05) is 12.1 Å². The lowest BCUT2D eigenvalue weighted by atomic mass is 9.72. The fourth-order valence-electron chi connectivity index (χ4n) is 4.88. The molecule has 144 valence electrons. The molecule has 0 spiro atoms. The molecule has 0 radical (unpaired) electrons. The molecule has 3 saturated heterocycles. The van der Waals surface area contributed by atoms with Crippen LogP contribution in [-0.2, 0) is 0 Å². The van der Waals surface area contributed by atoms with Crippen molar-refractivity contribution in [2.45, 2.75) is 64.1 Å². The largest absolute Gasteiger partial charge is 0.489 e. The Bertz CT molecular complexity index is 891. The minimum Gasteiger partial charge on any atom is -0.489 e. The Kier molecular flexibility index (Phi) is 4.03. The number of rotatable bonds is 4. The standard InChI is InChI=1S/C22H28N2O2S/c1-13-4-5-15-12-17(27-19(15)18(13)26-16-6-7-16)21(25)23-20-14-8-10-24(11-9-14)22(20,2)3/h4-5,12,14,16,20H,6-11H2,1-3H3,(H,23,25)/t20-/m1/s1. The third-order valence-electron chi connectivity index (χ3n) is 6.74. The molecule has 4 nitrogen and oxygen atoms in total. The normalized spacial score (nSPS) is 29.1. The molecular weight excluding hydrogens is 356 g/mol. The lowest BCUT2D eigenvalue weighted by Gasteiger charge is -2.56. The van der Waals surface area contributed by atoms with Crippen molar-refractivity contribution >= 4 is 27.3 Å². The van der Waals surface area contributed by atoms with Gasteiger partial charge in [-0.2, -0.15) is 0 Å². The van der Waals surface area contributed by atoms with Crippen LogP contribution in [0.5, 0.6) is 5.75 Å². The number of piperidine rings is 3. The van der Waals surface area contributed by atoms with Gasteiger partial charge in [-0.15, -0.1) is 11.3 Å². The molecule has 2 bridgehead atoms. The number of nitrogens with zero attached hydrogens (tertiary/aromatic N) is 1. The zero-order valence-corrected chi connectivity index (χ0v) is 17.2. The Balaban J connectivity index is 1.42. The third kappa shape index (κ3) is 2.95. The van der Waals surface area contributed by atoms with Gasteiger partial charge >= 0.3 is 0 Å². The maximum atomic E-state index is 13.1. The van der Waals surface area contributed by atoms with Crippen LogP contribution < -0.4 is 10.1 Å². The van der Waals surface area contributed by atoms with Gasteiger partial charge in [-0.25, -0.2) is 0 Å². The average Bonchev–Trinajstić information content (AvgIpc) is 3.36. The van der Waals surface area contributed by atoms with E-state index in [1.54, 1.807) is 11.3 Å². The highest BCUT2D eigenvalue weighted by Crippen LogP contribution is 2.41. The van der Waals surface area contributed by atoms with Gasteiger partial charge < -0.3 is 10.1 Å². The first kappa shape index (κ1) is 17.5. The van der Waals surface area contributed by atoms with Crippen molar-refractivity contribution in [2.24, 2.45) is 5.92 Å². The number of carbonyl (C=O) groups is 1. The molecule has 6 rings (SSSR count). The van der Waals surface area contributed by atoms with Gasteiger partial charge in [0.25, 0.3) is 5.91 Å². The van der Waals surface area contributed by atoms with Crippen molar-refractivity contribution < 1.29 is 9.53 Å². The van der Waals surface area contributed by atoms with Crippen LogP contribution in [0.1, 0.15) is 54.8 Å². The van der Waals surface area contributed by atoms with Crippen molar-refractivity contribution in [1.29, 1.82) is 0 Å². The zero-order valence-electron chi connectivity index (χ0n) is 16.4. The van der Waals surface area contributed by atoms with Gasteiger partial charge in [0.15, 0.2) is 0 Å². The highest BCUT2D eigenvalue weighted by Gasteiger charge is 2.48. The molecule has 4 fully saturated rings. The Labute approximate surface area is 164 Å². The SMILES string of the molecule is Cc1ccc2cc(C(=O)N[C@@H]3C4CCN(CC4)C3(C)C)sc2c1OC1CC1. The highest BCUT2D eigenvalue weighted by atomic mass is 32.1. The van der Waals surface area contributed by atoms with E-state index in [0.29, 0.717) is 12.0 Å². The first-order chi connectivity index (χ1) is 12.9. The number of aryl methyl sites for hydroxylation is 1. The average molecular weight is 385 g/mol. The van der Waals surface area contributed by atoms with Crippen LogP contribution >= 0.6 is 11.3 Å². The number of hydrogen-bond acceptors (Lipinski definition) is 4. The van der Waals surface area contributed by atoms with Crippen molar-refractivity contribution in [3.63, 3.8) is 0 Å². The van der Waals surface area contributed by atoms with Crippen molar-refractivity contribution in [1.82, 2.24) is 10.2 Å². The van der Waals surface area contributed by atoms with Gasteiger partial charge in [0.05, 0.1) is 15.7 Å². The van der Waals surface area contributed by atoms with Crippen molar-refractivity contribution in [3.05, 3.63) is 28.6 Å². The molecule has 4 aliphatic rings. The van der Waals surface area contributed by atoms with E-state index in [9.17, 15) is 4.79 Å². The van der Waals surface area contributed by atoms with Crippen LogP contribution in [0, 0.1) is 12.8 Å². The molecule has 1 saturated carbocycles. The van der Waals surface area contributed by atoms with Crippen molar-refractivity contribution in [2.75, 3.05) is 13.1 Å². The second-order valence-electron chi connectivity index (χ2n) is 8.99. The number of ether oxygens (including phenoxy) is 1. The van der Waals surface area contributed by atoms with E-state index in [-0.39, 0.29) is 17.5 Å². The van der Waals surface area contributed by atoms with E-state index in [4.69, 9.17) is 4.74 Å². The second kappa shape index (κ2) is 6.21. The first-order valence-corrected chi connectivity index (χ1v) is 11.0. The molecule has 3 aliphatic heterocycles. The molecule has 1 aliphatic carbocycles. The summed E-state index contributed by atoms with van der Waals surface area (Å²) in [7, 11) is 0.